The van der Waals surface area contributed by atoms with E-state index >= 15 is 0 Å². The van der Waals surface area contributed by atoms with Crippen LogP contribution in [-0.4, -0.2) is 19.5 Å². The third-order valence-electron chi connectivity index (χ3n) is 2.69. The van der Waals surface area contributed by atoms with Gasteiger partial charge in [0.2, 0.25) is 0 Å². The number of aryl methyl sites for hydroxylation is 2. The van der Waals surface area contributed by atoms with Crippen molar-refractivity contribution in [1.82, 2.24) is 19.5 Å². The number of rotatable bonds is 4. The van der Waals surface area contributed by atoms with E-state index in [-0.39, 0.29) is 0 Å². The zero-order valence-corrected chi connectivity index (χ0v) is 11.1. The van der Waals surface area contributed by atoms with Crippen LogP contribution >= 0.6 is 22.9 Å². The van der Waals surface area contributed by atoms with Gasteiger partial charge in [0.05, 0.1) is 15.5 Å². The molecule has 0 radical (unpaired) electrons. The van der Waals surface area contributed by atoms with Crippen LogP contribution in [0, 0.1) is 0 Å². The summed E-state index contributed by atoms with van der Waals surface area (Å²) in [6.07, 6.45) is 8.25. The number of H-pyrrole nitrogens is 1. The van der Waals surface area contributed by atoms with Gasteiger partial charge in [-0.05, 0) is 12.1 Å². The van der Waals surface area contributed by atoms with Crippen molar-refractivity contribution >= 4 is 22.9 Å². The lowest BCUT2D eigenvalue weighted by molar-refractivity contribution is 0.695. The number of imidazole rings is 2. The Hall–Kier alpha value is -1.59. The number of nitrogens with one attached hydrogen (secondary N) is 1. The smallest absolute Gasteiger partial charge is 0.150 e. The predicted molar refractivity (Wildman–Crippen MR) is 72.8 cm³/mol. The molecule has 0 aliphatic heterocycles. The second-order valence-electron chi connectivity index (χ2n) is 3.87. The van der Waals surface area contributed by atoms with E-state index in [0.29, 0.717) is 0 Å². The lowest BCUT2D eigenvalue weighted by atomic mass is 10.3. The SMILES string of the molecule is Clc1ccc(-c2nccn2CCc2cnc[nH]2)s1. The minimum atomic E-state index is 0.785. The molecule has 0 unspecified atom stereocenters. The molecule has 4 nitrogen and oxygen atoms in total. The molecule has 0 aromatic carbocycles. The van der Waals surface area contributed by atoms with Crippen LogP contribution in [0.1, 0.15) is 5.69 Å². The number of thiophene rings is 1. The third-order valence-corrected chi connectivity index (χ3v) is 3.91. The van der Waals surface area contributed by atoms with E-state index in [2.05, 4.69) is 19.5 Å². The zero-order chi connectivity index (χ0) is 12.4. The zero-order valence-electron chi connectivity index (χ0n) is 9.51. The molecule has 1 N–H and O–H groups in total. The Labute approximate surface area is 113 Å². The van der Waals surface area contributed by atoms with E-state index in [1.165, 1.54) is 0 Å². The Kier molecular flexibility index (Phi) is 3.17. The second kappa shape index (κ2) is 4.96. The highest BCUT2D eigenvalue weighted by Gasteiger charge is 2.08. The van der Waals surface area contributed by atoms with Gasteiger partial charge in [-0.2, -0.15) is 0 Å². The van der Waals surface area contributed by atoms with Crippen molar-refractivity contribution in [3.8, 4) is 10.7 Å². The Morgan fingerprint density at radius 2 is 2.33 bits per heavy atom. The first-order valence-corrected chi connectivity index (χ1v) is 6.76. The largest absolute Gasteiger partial charge is 0.348 e. The summed E-state index contributed by atoms with van der Waals surface area (Å²) < 4.78 is 2.91. The summed E-state index contributed by atoms with van der Waals surface area (Å²) in [5.41, 5.74) is 1.12. The number of nitrogens with zero attached hydrogens (tertiary/aromatic N) is 3. The van der Waals surface area contributed by atoms with Crippen LogP contribution in [0.3, 0.4) is 0 Å². The first-order chi connectivity index (χ1) is 8.83. The molecule has 0 aliphatic rings. The molecule has 3 aromatic rings. The maximum absolute atomic E-state index is 5.96. The van der Waals surface area contributed by atoms with Crippen LogP contribution in [0.25, 0.3) is 10.7 Å². The molecule has 0 spiro atoms. The quantitative estimate of drug-likeness (QED) is 0.796. The molecule has 0 saturated heterocycles. The summed E-state index contributed by atoms with van der Waals surface area (Å²) in [6, 6.07) is 3.90. The molecule has 0 bridgehead atoms. The standard InChI is InChI=1S/C12H11ClN4S/c13-11-2-1-10(18-11)12-15-4-6-17(12)5-3-9-7-14-8-16-9/h1-2,4,6-8H,3,5H2,(H,14,16). The number of hydrogen-bond donors (Lipinski definition) is 1. The molecule has 0 saturated carbocycles. The third kappa shape index (κ3) is 2.32. The average Bonchev–Trinajstić information content (AvgIpc) is 3.07. The Bertz CT molecular complexity index is 626. The van der Waals surface area contributed by atoms with E-state index < -0.39 is 0 Å². The van der Waals surface area contributed by atoms with E-state index in [4.69, 9.17) is 11.6 Å². The van der Waals surface area contributed by atoms with Crippen molar-refractivity contribution < 1.29 is 0 Å². The van der Waals surface area contributed by atoms with Gasteiger partial charge in [-0.15, -0.1) is 11.3 Å². The van der Waals surface area contributed by atoms with Crippen LogP contribution < -0.4 is 0 Å². The summed E-state index contributed by atoms with van der Waals surface area (Å²) >= 11 is 7.50. The van der Waals surface area contributed by atoms with Crippen LogP contribution in [0.5, 0.6) is 0 Å². The van der Waals surface area contributed by atoms with Gasteiger partial charge in [0.15, 0.2) is 0 Å². The molecular formula is C12H11ClN4S. The molecule has 3 rings (SSSR count). The van der Waals surface area contributed by atoms with Gasteiger partial charge in [0, 0.05) is 37.3 Å². The van der Waals surface area contributed by atoms with Gasteiger partial charge in [-0.1, -0.05) is 11.6 Å². The van der Waals surface area contributed by atoms with Crippen molar-refractivity contribution in [2.45, 2.75) is 13.0 Å². The number of halogens is 1. The second-order valence-corrected chi connectivity index (χ2v) is 5.59. The van der Waals surface area contributed by atoms with Crippen LogP contribution in [-0.2, 0) is 13.0 Å². The molecule has 6 heteroatoms. The van der Waals surface area contributed by atoms with Crippen LogP contribution in [0.2, 0.25) is 4.34 Å². The molecular weight excluding hydrogens is 268 g/mol. The lowest BCUT2D eigenvalue weighted by Crippen LogP contribution is -2.02. The minimum Gasteiger partial charge on any atom is -0.348 e. The van der Waals surface area contributed by atoms with Crippen molar-refractivity contribution in [3.05, 3.63) is 47.1 Å². The van der Waals surface area contributed by atoms with E-state index in [1.807, 2.05) is 30.7 Å². The fraction of sp³-hybridized carbons (Fsp3) is 0.167. The fourth-order valence-electron chi connectivity index (χ4n) is 1.81. The summed E-state index contributed by atoms with van der Waals surface area (Å²) in [5, 5.41) is 0. The van der Waals surface area contributed by atoms with Gasteiger partial charge in [0.25, 0.3) is 0 Å². The first kappa shape index (κ1) is 11.5. The molecule has 0 atom stereocenters. The monoisotopic (exact) mass is 278 g/mol. The Morgan fingerprint density at radius 1 is 1.39 bits per heavy atom. The highest BCUT2D eigenvalue weighted by Crippen LogP contribution is 2.29. The molecule has 18 heavy (non-hydrogen) atoms. The molecule has 0 aliphatic carbocycles. The Balaban J connectivity index is 1.79. The van der Waals surface area contributed by atoms with Crippen molar-refractivity contribution in [2.24, 2.45) is 0 Å². The predicted octanol–water partition coefficient (Wildman–Crippen LogP) is 3.23. The molecule has 3 heterocycles. The minimum absolute atomic E-state index is 0.785. The van der Waals surface area contributed by atoms with Gasteiger partial charge in [-0.3, -0.25) is 0 Å². The maximum Gasteiger partial charge on any atom is 0.150 e. The van der Waals surface area contributed by atoms with Crippen LogP contribution in [0.15, 0.2) is 37.1 Å². The van der Waals surface area contributed by atoms with Crippen molar-refractivity contribution in [2.75, 3.05) is 0 Å². The van der Waals surface area contributed by atoms with Gasteiger partial charge < -0.3 is 9.55 Å². The molecule has 92 valence electrons. The number of aromatic amines is 1. The van der Waals surface area contributed by atoms with E-state index in [1.54, 1.807) is 17.7 Å². The fourth-order valence-corrected chi connectivity index (χ4v) is 2.87. The lowest BCUT2D eigenvalue weighted by Gasteiger charge is -2.05. The summed E-state index contributed by atoms with van der Waals surface area (Å²) in [6.45, 7) is 0.868. The van der Waals surface area contributed by atoms with E-state index in [9.17, 15) is 0 Å². The van der Waals surface area contributed by atoms with Crippen molar-refractivity contribution in [3.63, 3.8) is 0 Å². The summed E-state index contributed by atoms with van der Waals surface area (Å²) in [5.74, 6) is 0.964. The topological polar surface area (TPSA) is 46.5 Å². The number of hydrogen-bond acceptors (Lipinski definition) is 3. The molecule has 3 aromatic heterocycles. The summed E-state index contributed by atoms with van der Waals surface area (Å²) in [4.78, 5) is 12.6. The highest BCUT2D eigenvalue weighted by molar-refractivity contribution is 7.19. The van der Waals surface area contributed by atoms with Gasteiger partial charge in [0.1, 0.15) is 5.82 Å². The summed E-state index contributed by atoms with van der Waals surface area (Å²) in [7, 11) is 0. The Morgan fingerprint density at radius 3 is 3.06 bits per heavy atom. The number of aromatic nitrogens is 4. The molecule has 0 fully saturated rings. The molecule has 0 amide bonds. The van der Waals surface area contributed by atoms with Crippen LogP contribution in [0.4, 0.5) is 0 Å². The van der Waals surface area contributed by atoms with Gasteiger partial charge >= 0.3 is 0 Å². The maximum atomic E-state index is 5.96. The van der Waals surface area contributed by atoms with Crippen molar-refractivity contribution in [1.29, 1.82) is 0 Å². The highest BCUT2D eigenvalue weighted by atomic mass is 35.5. The average molecular weight is 279 g/mol. The first-order valence-electron chi connectivity index (χ1n) is 5.57. The normalized spacial score (nSPS) is 10.9. The van der Waals surface area contributed by atoms with Gasteiger partial charge in [-0.25, -0.2) is 9.97 Å². The van der Waals surface area contributed by atoms with E-state index in [0.717, 1.165) is 33.7 Å².